The number of anilines is 1. The van der Waals surface area contributed by atoms with Gasteiger partial charge in [-0.1, -0.05) is 30.9 Å². The van der Waals surface area contributed by atoms with Crippen molar-refractivity contribution in [3.8, 4) is 0 Å². The molecule has 0 aromatic carbocycles. The molecule has 1 fully saturated rings. The second-order valence-corrected chi connectivity index (χ2v) is 5.30. The van der Waals surface area contributed by atoms with Gasteiger partial charge in [0, 0.05) is 18.2 Å². The van der Waals surface area contributed by atoms with Crippen LogP contribution in [0.3, 0.4) is 0 Å². The summed E-state index contributed by atoms with van der Waals surface area (Å²) < 4.78 is 0. The van der Waals surface area contributed by atoms with Crippen LogP contribution in [0.25, 0.3) is 0 Å². The van der Waals surface area contributed by atoms with E-state index in [4.69, 9.17) is 23.2 Å². The van der Waals surface area contributed by atoms with Crippen molar-refractivity contribution in [2.45, 2.75) is 50.9 Å². The van der Waals surface area contributed by atoms with Crippen LogP contribution in [-0.4, -0.2) is 22.6 Å². The van der Waals surface area contributed by atoms with Crippen molar-refractivity contribution in [3.05, 3.63) is 17.0 Å². The molecule has 2 rings (SSSR count). The Morgan fingerprint density at radius 2 is 2.00 bits per heavy atom. The highest BCUT2D eigenvalue weighted by atomic mass is 35.5. The Bertz CT molecular complexity index is 392. The summed E-state index contributed by atoms with van der Waals surface area (Å²) in [4.78, 5) is 10.8. The van der Waals surface area contributed by atoms with Crippen molar-refractivity contribution < 1.29 is 0 Å². The van der Waals surface area contributed by atoms with E-state index >= 15 is 0 Å². The predicted octanol–water partition coefficient (Wildman–Crippen LogP) is 4.03. The zero-order chi connectivity index (χ0) is 13.0. The van der Waals surface area contributed by atoms with Gasteiger partial charge in [-0.15, -0.1) is 11.6 Å². The number of hydrogen-bond donors (Lipinski definition) is 0. The van der Waals surface area contributed by atoms with Crippen molar-refractivity contribution >= 4 is 29.0 Å². The molecule has 3 nitrogen and oxygen atoms in total. The van der Waals surface area contributed by atoms with Gasteiger partial charge in [-0.2, -0.15) is 0 Å². The number of halogens is 2. The van der Waals surface area contributed by atoms with Crippen LogP contribution >= 0.6 is 23.2 Å². The molecule has 0 spiro atoms. The Morgan fingerprint density at radius 3 is 2.61 bits per heavy atom. The molecule has 0 N–H and O–H groups in total. The summed E-state index contributed by atoms with van der Waals surface area (Å²) in [6.07, 6.45) is 7.95. The first-order chi connectivity index (χ1) is 8.77. The first-order valence-electron chi connectivity index (χ1n) is 6.60. The summed E-state index contributed by atoms with van der Waals surface area (Å²) in [7, 11) is 0. The van der Waals surface area contributed by atoms with Gasteiger partial charge in [0.2, 0.25) is 0 Å². The molecular weight excluding hydrogens is 269 g/mol. The van der Waals surface area contributed by atoms with E-state index in [-0.39, 0.29) is 0 Å². The average molecular weight is 288 g/mol. The van der Waals surface area contributed by atoms with E-state index in [1.165, 1.54) is 38.4 Å². The quantitative estimate of drug-likeness (QED) is 0.618. The minimum atomic E-state index is 0.359. The summed E-state index contributed by atoms with van der Waals surface area (Å²) in [5.74, 6) is 1.28. The van der Waals surface area contributed by atoms with Gasteiger partial charge in [-0.25, -0.2) is 9.97 Å². The van der Waals surface area contributed by atoms with Gasteiger partial charge in [0.05, 0.1) is 5.88 Å². The summed E-state index contributed by atoms with van der Waals surface area (Å²) in [5.41, 5.74) is 0.855. The van der Waals surface area contributed by atoms with E-state index in [1.54, 1.807) is 0 Å². The lowest BCUT2D eigenvalue weighted by Crippen LogP contribution is -2.38. The SMILES string of the molecule is CCN(c1ncnc(Cl)c1CCl)C1CCCCC1. The summed E-state index contributed by atoms with van der Waals surface area (Å²) >= 11 is 12.1. The highest BCUT2D eigenvalue weighted by molar-refractivity contribution is 6.31. The number of hydrogen-bond acceptors (Lipinski definition) is 3. The molecule has 0 aliphatic heterocycles. The third kappa shape index (κ3) is 2.89. The highest BCUT2D eigenvalue weighted by Gasteiger charge is 2.24. The lowest BCUT2D eigenvalue weighted by atomic mass is 9.94. The molecule has 18 heavy (non-hydrogen) atoms. The van der Waals surface area contributed by atoms with Crippen molar-refractivity contribution in [2.75, 3.05) is 11.4 Å². The van der Waals surface area contributed by atoms with E-state index in [2.05, 4.69) is 21.8 Å². The van der Waals surface area contributed by atoms with Crippen LogP contribution in [0, 0.1) is 0 Å². The van der Waals surface area contributed by atoms with Crippen LogP contribution in [0.4, 0.5) is 5.82 Å². The normalized spacial score (nSPS) is 16.8. The zero-order valence-electron chi connectivity index (χ0n) is 10.7. The Kier molecular flexibility index (Phi) is 5.07. The summed E-state index contributed by atoms with van der Waals surface area (Å²) in [6.45, 7) is 3.09. The maximum Gasteiger partial charge on any atom is 0.138 e. The Hall–Kier alpha value is -0.540. The number of rotatable bonds is 4. The molecule has 0 amide bonds. The molecule has 1 aliphatic rings. The maximum absolute atomic E-state index is 6.11. The molecule has 1 aromatic rings. The summed E-state index contributed by atoms with van der Waals surface area (Å²) in [5, 5.41) is 0.476. The van der Waals surface area contributed by atoms with Gasteiger partial charge in [-0.05, 0) is 19.8 Å². The van der Waals surface area contributed by atoms with Crippen LogP contribution in [0.5, 0.6) is 0 Å². The molecule has 0 saturated heterocycles. The van der Waals surface area contributed by atoms with E-state index in [0.29, 0.717) is 17.1 Å². The molecular formula is C13H19Cl2N3. The fourth-order valence-corrected chi connectivity index (χ4v) is 3.23. The topological polar surface area (TPSA) is 29.0 Å². The maximum atomic E-state index is 6.11. The number of nitrogens with zero attached hydrogens (tertiary/aromatic N) is 3. The smallest absolute Gasteiger partial charge is 0.138 e. The van der Waals surface area contributed by atoms with Gasteiger partial charge in [0.15, 0.2) is 0 Å². The van der Waals surface area contributed by atoms with E-state index in [9.17, 15) is 0 Å². The summed E-state index contributed by atoms with van der Waals surface area (Å²) in [6, 6.07) is 0.566. The molecule has 1 aliphatic carbocycles. The monoisotopic (exact) mass is 287 g/mol. The Labute approximate surface area is 119 Å². The van der Waals surface area contributed by atoms with Crippen molar-refractivity contribution in [1.29, 1.82) is 0 Å². The van der Waals surface area contributed by atoms with Crippen LogP contribution in [0.1, 0.15) is 44.6 Å². The fraction of sp³-hybridized carbons (Fsp3) is 0.692. The minimum Gasteiger partial charge on any atom is -0.354 e. The molecule has 5 heteroatoms. The lowest BCUT2D eigenvalue weighted by molar-refractivity contribution is 0.416. The molecule has 0 bridgehead atoms. The zero-order valence-corrected chi connectivity index (χ0v) is 12.2. The first-order valence-corrected chi connectivity index (χ1v) is 7.51. The minimum absolute atomic E-state index is 0.359. The van der Waals surface area contributed by atoms with Gasteiger partial charge in [0.1, 0.15) is 17.3 Å². The number of aromatic nitrogens is 2. The van der Waals surface area contributed by atoms with E-state index < -0.39 is 0 Å². The highest BCUT2D eigenvalue weighted by Crippen LogP contribution is 2.30. The second-order valence-electron chi connectivity index (χ2n) is 4.68. The van der Waals surface area contributed by atoms with Crippen LogP contribution in [0.2, 0.25) is 5.15 Å². The second kappa shape index (κ2) is 6.58. The van der Waals surface area contributed by atoms with Crippen molar-refractivity contribution in [2.24, 2.45) is 0 Å². The number of alkyl halides is 1. The first kappa shape index (κ1) is 13.9. The standard InChI is InChI=1S/C13H19Cl2N3/c1-2-18(10-6-4-3-5-7-10)13-11(8-14)12(15)16-9-17-13/h9-10H,2-8H2,1H3. The third-order valence-corrected chi connectivity index (χ3v) is 4.22. The Morgan fingerprint density at radius 1 is 1.28 bits per heavy atom. The largest absolute Gasteiger partial charge is 0.354 e. The lowest BCUT2D eigenvalue weighted by Gasteiger charge is -2.35. The fourth-order valence-electron chi connectivity index (χ4n) is 2.72. The van der Waals surface area contributed by atoms with Gasteiger partial charge >= 0.3 is 0 Å². The predicted molar refractivity (Wildman–Crippen MR) is 76.5 cm³/mol. The molecule has 100 valence electrons. The van der Waals surface area contributed by atoms with Crippen LogP contribution < -0.4 is 4.90 Å². The third-order valence-electron chi connectivity index (χ3n) is 3.63. The van der Waals surface area contributed by atoms with Gasteiger partial charge in [0.25, 0.3) is 0 Å². The van der Waals surface area contributed by atoms with Crippen LogP contribution in [0.15, 0.2) is 6.33 Å². The van der Waals surface area contributed by atoms with E-state index in [0.717, 1.165) is 17.9 Å². The van der Waals surface area contributed by atoms with Crippen molar-refractivity contribution in [3.63, 3.8) is 0 Å². The molecule has 1 heterocycles. The van der Waals surface area contributed by atoms with E-state index in [1.807, 2.05) is 0 Å². The molecule has 1 saturated carbocycles. The molecule has 1 aromatic heterocycles. The van der Waals surface area contributed by atoms with Crippen molar-refractivity contribution in [1.82, 2.24) is 9.97 Å². The van der Waals surface area contributed by atoms with Gasteiger partial charge < -0.3 is 4.90 Å². The molecule has 0 unspecified atom stereocenters. The molecule has 0 radical (unpaired) electrons. The average Bonchev–Trinajstić information content (AvgIpc) is 2.41. The molecule has 0 atom stereocenters. The van der Waals surface area contributed by atoms with Crippen LogP contribution in [-0.2, 0) is 5.88 Å². The van der Waals surface area contributed by atoms with Gasteiger partial charge in [-0.3, -0.25) is 0 Å². The Balaban J connectivity index is 2.28.